The Hall–Kier alpha value is -2.51. The van der Waals surface area contributed by atoms with Gasteiger partial charge in [-0.15, -0.1) is 0 Å². The van der Waals surface area contributed by atoms with Gasteiger partial charge in [-0.3, -0.25) is 14.2 Å². The van der Waals surface area contributed by atoms with Crippen LogP contribution in [0.3, 0.4) is 0 Å². The number of halogens is 1. The number of amides is 1. The van der Waals surface area contributed by atoms with Crippen LogP contribution in [0.5, 0.6) is 0 Å². The Morgan fingerprint density at radius 3 is 2.59 bits per heavy atom. The van der Waals surface area contributed by atoms with Gasteiger partial charge in [0, 0.05) is 37.1 Å². The van der Waals surface area contributed by atoms with E-state index in [-0.39, 0.29) is 17.9 Å². The Morgan fingerprint density at radius 2 is 1.86 bits per heavy atom. The molecule has 0 bridgehead atoms. The maximum absolute atomic E-state index is 12.9. The molecule has 0 spiro atoms. The Balaban J connectivity index is 1.73. The average molecular weight is 457 g/mol. The van der Waals surface area contributed by atoms with Gasteiger partial charge in [-0.2, -0.15) is 0 Å². The minimum absolute atomic E-state index is 0.0249. The maximum Gasteiger partial charge on any atom is 0.261 e. The molecule has 7 heteroatoms. The molecule has 0 saturated heterocycles. The molecular formula is C22H25BrN4O2. The molecule has 0 radical (unpaired) electrons. The molecule has 0 aliphatic carbocycles. The first-order chi connectivity index (χ1) is 13.9. The van der Waals surface area contributed by atoms with Gasteiger partial charge in [0.1, 0.15) is 0 Å². The van der Waals surface area contributed by atoms with E-state index in [1.54, 1.807) is 12.1 Å². The molecular weight excluding hydrogens is 432 g/mol. The largest absolute Gasteiger partial charge is 0.337 e. The van der Waals surface area contributed by atoms with Gasteiger partial charge in [0.05, 0.1) is 17.2 Å². The van der Waals surface area contributed by atoms with Gasteiger partial charge in [0.2, 0.25) is 5.91 Å². The van der Waals surface area contributed by atoms with E-state index in [1.807, 2.05) is 55.4 Å². The zero-order valence-electron chi connectivity index (χ0n) is 16.7. The SMILES string of the molecule is CN(C)CCN(Cc1ccccc1)C(=O)CCn1cnc2ccc(Br)cc2c1=O. The topological polar surface area (TPSA) is 58.4 Å². The number of likely N-dealkylation sites (N-methyl/N-ethyl adjacent to an activating group) is 1. The van der Waals surface area contributed by atoms with Crippen molar-refractivity contribution < 1.29 is 4.79 Å². The zero-order valence-corrected chi connectivity index (χ0v) is 18.3. The van der Waals surface area contributed by atoms with E-state index in [0.717, 1.165) is 16.6 Å². The number of nitrogens with zero attached hydrogens (tertiary/aromatic N) is 4. The Bertz CT molecular complexity index is 1030. The Labute approximate surface area is 178 Å². The van der Waals surface area contributed by atoms with Gasteiger partial charge >= 0.3 is 0 Å². The van der Waals surface area contributed by atoms with E-state index in [1.165, 1.54) is 10.9 Å². The standard InChI is InChI=1S/C22H25BrN4O2/c1-25(2)12-13-26(15-17-6-4-3-5-7-17)21(28)10-11-27-16-24-20-9-8-18(23)14-19(20)22(27)29/h3-9,14,16H,10-13,15H2,1-2H3. The second kappa shape index (κ2) is 9.80. The van der Waals surface area contributed by atoms with Crippen molar-refractivity contribution >= 4 is 32.7 Å². The van der Waals surface area contributed by atoms with Gasteiger partial charge in [0.15, 0.2) is 0 Å². The molecule has 1 heterocycles. The van der Waals surface area contributed by atoms with E-state index in [9.17, 15) is 9.59 Å². The highest BCUT2D eigenvalue weighted by molar-refractivity contribution is 9.10. The van der Waals surface area contributed by atoms with Crippen molar-refractivity contribution in [1.82, 2.24) is 19.4 Å². The molecule has 1 aromatic heterocycles. The predicted octanol–water partition coefficient (Wildman–Crippen LogP) is 3.14. The van der Waals surface area contributed by atoms with E-state index in [0.29, 0.717) is 30.5 Å². The summed E-state index contributed by atoms with van der Waals surface area (Å²) in [6.07, 6.45) is 1.77. The molecule has 0 unspecified atom stereocenters. The van der Waals surface area contributed by atoms with Crippen molar-refractivity contribution in [2.24, 2.45) is 0 Å². The van der Waals surface area contributed by atoms with Gasteiger partial charge in [-0.1, -0.05) is 46.3 Å². The number of benzene rings is 2. The summed E-state index contributed by atoms with van der Waals surface area (Å²) in [6.45, 7) is 2.29. The van der Waals surface area contributed by atoms with Crippen molar-refractivity contribution in [3.05, 3.63) is 75.2 Å². The van der Waals surface area contributed by atoms with E-state index in [2.05, 4.69) is 25.8 Å². The third-order valence-corrected chi connectivity index (χ3v) is 5.23. The van der Waals surface area contributed by atoms with Gasteiger partial charge in [-0.25, -0.2) is 4.98 Å². The van der Waals surface area contributed by atoms with Crippen LogP contribution in [0.2, 0.25) is 0 Å². The van der Waals surface area contributed by atoms with Crippen LogP contribution in [0.4, 0.5) is 0 Å². The van der Waals surface area contributed by atoms with Crippen LogP contribution in [-0.2, 0) is 17.9 Å². The predicted molar refractivity (Wildman–Crippen MR) is 119 cm³/mol. The van der Waals surface area contributed by atoms with Crippen molar-refractivity contribution in [3.8, 4) is 0 Å². The van der Waals surface area contributed by atoms with Crippen molar-refractivity contribution in [1.29, 1.82) is 0 Å². The normalized spacial score (nSPS) is 11.2. The second-order valence-corrected chi connectivity index (χ2v) is 8.17. The number of hydrogen-bond donors (Lipinski definition) is 0. The first kappa shape index (κ1) is 21.2. The van der Waals surface area contributed by atoms with Gasteiger partial charge in [0.25, 0.3) is 5.56 Å². The van der Waals surface area contributed by atoms with E-state index >= 15 is 0 Å². The number of hydrogen-bond acceptors (Lipinski definition) is 4. The molecule has 0 saturated carbocycles. The molecule has 152 valence electrons. The molecule has 3 aromatic rings. The molecule has 29 heavy (non-hydrogen) atoms. The number of rotatable bonds is 8. The van der Waals surface area contributed by atoms with E-state index in [4.69, 9.17) is 0 Å². The summed E-state index contributed by atoms with van der Waals surface area (Å²) in [5.41, 5.74) is 1.61. The summed E-state index contributed by atoms with van der Waals surface area (Å²) < 4.78 is 2.34. The van der Waals surface area contributed by atoms with Crippen molar-refractivity contribution in [2.45, 2.75) is 19.5 Å². The fourth-order valence-electron chi connectivity index (χ4n) is 3.08. The highest BCUT2D eigenvalue weighted by Crippen LogP contribution is 2.15. The minimum atomic E-state index is -0.132. The number of aryl methyl sites for hydroxylation is 1. The molecule has 6 nitrogen and oxygen atoms in total. The van der Waals surface area contributed by atoms with Crippen molar-refractivity contribution in [3.63, 3.8) is 0 Å². The molecule has 0 fully saturated rings. The molecule has 3 rings (SSSR count). The van der Waals surface area contributed by atoms with Crippen LogP contribution in [0.25, 0.3) is 10.9 Å². The van der Waals surface area contributed by atoms with E-state index < -0.39 is 0 Å². The lowest BCUT2D eigenvalue weighted by atomic mass is 10.2. The number of carbonyl (C=O) groups excluding carboxylic acids is 1. The average Bonchev–Trinajstić information content (AvgIpc) is 2.71. The van der Waals surface area contributed by atoms with Crippen LogP contribution >= 0.6 is 15.9 Å². The summed E-state index contributed by atoms with van der Waals surface area (Å²) in [6, 6.07) is 15.4. The summed E-state index contributed by atoms with van der Waals surface area (Å²) in [5, 5.41) is 0.545. The smallest absolute Gasteiger partial charge is 0.261 e. The number of fused-ring (bicyclic) bond motifs is 1. The number of aromatic nitrogens is 2. The first-order valence-electron chi connectivity index (χ1n) is 9.55. The fraction of sp³-hybridized carbons (Fsp3) is 0.318. The summed E-state index contributed by atoms with van der Waals surface area (Å²) in [7, 11) is 3.98. The van der Waals surface area contributed by atoms with Crippen LogP contribution in [0.15, 0.2) is 64.1 Å². The fourth-order valence-corrected chi connectivity index (χ4v) is 3.44. The highest BCUT2D eigenvalue weighted by Gasteiger charge is 2.15. The monoisotopic (exact) mass is 456 g/mol. The van der Waals surface area contributed by atoms with Gasteiger partial charge in [-0.05, 0) is 37.9 Å². The van der Waals surface area contributed by atoms with Crippen LogP contribution in [-0.4, -0.2) is 52.4 Å². The van der Waals surface area contributed by atoms with Crippen LogP contribution < -0.4 is 5.56 Å². The van der Waals surface area contributed by atoms with Crippen LogP contribution in [0.1, 0.15) is 12.0 Å². The lowest BCUT2D eigenvalue weighted by Gasteiger charge is -2.25. The summed E-state index contributed by atoms with van der Waals surface area (Å²) >= 11 is 3.39. The van der Waals surface area contributed by atoms with Crippen LogP contribution in [0, 0.1) is 0 Å². The molecule has 0 aliphatic rings. The Morgan fingerprint density at radius 1 is 1.10 bits per heavy atom. The molecule has 0 aliphatic heterocycles. The molecule has 0 atom stereocenters. The molecule has 0 N–H and O–H groups in total. The molecule has 2 aromatic carbocycles. The van der Waals surface area contributed by atoms with Gasteiger partial charge < -0.3 is 9.80 Å². The maximum atomic E-state index is 12.9. The van der Waals surface area contributed by atoms with Crippen molar-refractivity contribution in [2.75, 3.05) is 27.2 Å². The summed E-state index contributed by atoms with van der Waals surface area (Å²) in [5.74, 6) is 0.0249. The quantitative estimate of drug-likeness (QED) is 0.522. The Kier molecular flexibility index (Phi) is 7.17. The zero-order chi connectivity index (χ0) is 20.8. The second-order valence-electron chi connectivity index (χ2n) is 7.26. The minimum Gasteiger partial charge on any atom is -0.337 e. The lowest BCUT2D eigenvalue weighted by molar-refractivity contribution is -0.132. The molecule has 1 amide bonds. The lowest BCUT2D eigenvalue weighted by Crippen LogP contribution is -2.37. The number of carbonyl (C=O) groups is 1. The third-order valence-electron chi connectivity index (χ3n) is 4.74. The first-order valence-corrected chi connectivity index (χ1v) is 10.3. The highest BCUT2D eigenvalue weighted by atomic mass is 79.9. The summed E-state index contributed by atoms with van der Waals surface area (Å²) in [4.78, 5) is 33.9. The third kappa shape index (κ3) is 5.74.